The van der Waals surface area contributed by atoms with Crippen molar-refractivity contribution in [1.29, 1.82) is 0 Å². The molecule has 1 aromatic rings. The van der Waals surface area contributed by atoms with Crippen molar-refractivity contribution in [3.05, 3.63) is 16.1 Å². The molecule has 0 aliphatic rings. The zero-order chi connectivity index (χ0) is 16.0. The molecule has 0 N–H and O–H groups in total. The molecule has 136 valence electrons. The molecule has 0 unspecified atom stereocenters. The third kappa shape index (κ3) is 10.5. The lowest BCUT2D eigenvalue weighted by atomic mass is 10.1. The van der Waals surface area contributed by atoms with Gasteiger partial charge in [0.1, 0.15) is 6.54 Å². The highest BCUT2D eigenvalue weighted by atomic mass is 79.9. The Bertz CT molecular complexity index is 381. The molecule has 0 spiro atoms. The van der Waals surface area contributed by atoms with Crippen LogP contribution in [0.25, 0.3) is 0 Å². The largest absolute Gasteiger partial charge is 1.00 e. The summed E-state index contributed by atoms with van der Waals surface area (Å²) in [7, 11) is 1.78. The first-order chi connectivity index (χ1) is 10.8. The molecule has 0 amide bonds. The van der Waals surface area contributed by atoms with Gasteiger partial charge in [-0.1, -0.05) is 69.6 Å². The first kappa shape index (κ1) is 23.1. The molecule has 0 aromatic carbocycles. The Morgan fingerprint density at radius 3 is 2.09 bits per heavy atom. The summed E-state index contributed by atoms with van der Waals surface area (Å²) < 4.78 is 7.61. The molecule has 1 aromatic heterocycles. The molecular formula is C19H36BrNOS. The number of thiazole rings is 1. The number of unbranched alkanes of at least 4 members (excludes halogenated alkanes) is 9. The van der Waals surface area contributed by atoms with E-state index in [1.54, 1.807) is 7.11 Å². The summed E-state index contributed by atoms with van der Waals surface area (Å²) in [5.74, 6) is 0. The fourth-order valence-electron chi connectivity index (χ4n) is 2.88. The average Bonchev–Trinajstić information content (AvgIpc) is 2.87. The van der Waals surface area contributed by atoms with Gasteiger partial charge in [-0.25, -0.2) is 0 Å². The molecule has 0 aliphatic carbocycles. The van der Waals surface area contributed by atoms with Crippen molar-refractivity contribution in [3.8, 4) is 0 Å². The first-order valence-corrected chi connectivity index (χ1v) is 10.1. The molecule has 0 atom stereocenters. The summed E-state index contributed by atoms with van der Waals surface area (Å²) in [5.41, 5.74) is 3.73. The van der Waals surface area contributed by atoms with Crippen LogP contribution in [0.4, 0.5) is 0 Å². The van der Waals surface area contributed by atoms with Crippen molar-refractivity contribution in [3.63, 3.8) is 0 Å². The van der Waals surface area contributed by atoms with Gasteiger partial charge in [0.2, 0.25) is 5.51 Å². The predicted molar refractivity (Wildman–Crippen MR) is 96.7 cm³/mol. The fourth-order valence-corrected chi connectivity index (χ4v) is 3.88. The van der Waals surface area contributed by atoms with Crippen molar-refractivity contribution < 1.29 is 26.3 Å². The summed E-state index contributed by atoms with van der Waals surface area (Å²) >= 11 is 1.88. The second kappa shape index (κ2) is 15.6. The molecule has 1 rings (SSSR count). The van der Waals surface area contributed by atoms with Crippen molar-refractivity contribution in [1.82, 2.24) is 0 Å². The summed E-state index contributed by atoms with van der Waals surface area (Å²) in [6, 6.07) is 0. The van der Waals surface area contributed by atoms with Gasteiger partial charge in [-0.3, -0.25) is 0 Å². The minimum absolute atomic E-state index is 0. The Hall–Kier alpha value is 0.0700. The van der Waals surface area contributed by atoms with Crippen LogP contribution in [0.2, 0.25) is 0 Å². The van der Waals surface area contributed by atoms with E-state index >= 15 is 0 Å². The van der Waals surface area contributed by atoms with E-state index in [2.05, 4.69) is 23.9 Å². The molecule has 4 heteroatoms. The maximum absolute atomic E-state index is 5.17. The zero-order valence-corrected chi connectivity index (χ0v) is 17.8. The molecule has 0 bridgehead atoms. The second-order valence-electron chi connectivity index (χ2n) is 6.35. The smallest absolute Gasteiger partial charge is 0.225 e. The van der Waals surface area contributed by atoms with Crippen LogP contribution in [0.3, 0.4) is 0 Å². The molecule has 0 saturated heterocycles. The highest BCUT2D eigenvalue weighted by Gasteiger charge is 2.14. The highest BCUT2D eigenvalue weighted by Crippen LogP contribution is 2.13. The Morgan fingerprint density at radius 1 is 0.957 bits per heavy atom. The lowest BCUT2D eigenvalue weighted by Gasteiger charge is -2.01. The predicted octanol–water partition coefficient (Wildman–Crippen LogP) is 2.46. The zero-order valence-electron chi connectivity index (χ0n) is 15.4. The number of ether oxygens (including phenoxy) is 1. The maximum atomic E-state index is 5.17. The molecule has 1 heterocycles. The van der Waals surface area contributed by atoms with E-state index in [-0.39, 0.29) is 17.0 Å². The van der Waals surface area contributed by atoms with Gasteiger partial charge in [-0.15, -0.1) is 0 Å². The standard InChI is InChI=1S/C19H36NOS.BrH/c1-4-5-6-7-8-9-10-11-12-13-15-20-17-22-19(18(20)2)14-16-21-3;/h17H,4-16H2,1-3H3;1H/q+1;/p-1. The Kier molecular flexibility index (Phi) is 15.6. The maximum Gasteiger partial charge on any atom is 0.225 e. The van der Waals surface area contributed by atoms with E-state index in [0.717, 1.165) is 13.0 Å². The normalized spacial score (nSPS) is 10.7. The van der Waals surface area contributed by atoms with Gasteiger partial charge in [0.05, 0.1) is 11.5 Å². The van der Waals surface area contributed by atoms with E-state index in [9.17, 15) is 0 Å². The minimum Gasteiger partial charge on any atom is -1.00 e. The lowest BCUT2D eigenvalue weighted by molar-refractivity contribution is -0.698. The van der Waals surface area contributed by atoms with Crippen LogP contribution in [0, 0.1) is 6.92 Å². The topological polar surface area (TPSA) is 13.1 Å². The van der Waals surface area contributed by atoms with Gasteiger partial charge in [0.15, 0.2) is 5.69 Å². The Labute approximate surface area is 158 Å². The van der Waals surface area contributed by atoms with Gasteiger partial charge < -0.3 is 21.7 Å². The van der Waals surface area contributed by atoms with Gasteiger partial charge >= 0.3 is 0 Å². The monoisotopic (exact) mass is 405 g/mol. The summed E-state index contributed by atoms with van der Waals surface area (Å²) in [6.45, 7) is 6.55. The molecule has 2 nitrogen and oxygen atoms in total. The summed E-state index contributed by atoms with van der Waals surface area (Å²) in [6.07, 6.45) is 15.1. The number of halogens is 1. The number of hydrogen-bond donors (Lipinski definition) is 0. The van der Waals surface area contributed by atoms with Crippen LogP contribution in [0.5, 0.6) is 0 Å². The van der Waals surface area contributed by atoms with E-state index in [4.69, 9.17) is 4.74 Å². The molecule has 0 radical (unpaired) electrons. The second-order valence-corrected chi connectivity index (χ2v) is 7.29. The number of aryl methyl sites for hydroxylation is 1. The van der Waals surface area contributed by atoms with Crippen LogP contribution in [-0.2, 0) is 17.7 Å². The van der Waals surface area contributed by atoms with Crippen LogP contribution in [0.15, 0.2) is 5.51 Å². The SMILES string of the molecule is CCCCCCCCCCCC[n+]1csc(CCOC)c1C.[Br-]. The van der Waals surface area contributed by atoms with Gasteiger partial charge in [-0.05, 0) is 6.42 Å². The number of aromatic nitrogens is 1. The molecular weight excluding hydrogens is 370 g/mol. The van der Waals surface area contributed by atoms with Crippen LogP contribution in [-0.4, -0.2) is 13.7 Å². The quantitative estimate of drug-likeness (QED) is 0.342. The average molecular weight is 406 g/mol. The number of rotatable bonds is 14. The minimum atomic E-state index is 0. The van der Waals surface area contributed by atoms with E-state index in [1.807, 2.05) is 11.3 Å². The van der Waals surface area contributed by atoms with E-state index < -0.39 is 0 Å². The van der Waals surface area contributed by atoms with Crippen LogP contribution in [0.1, 0.15) is 81.7 Å². The number of hydrogen-bond acceptors (Lipinski definition) is 2. The Morgan fingerprint density at radius 2 is 1.52 bits per heavy atom. The van der Waals surface area contributed by atoms with E-state index in [1.165, 1.54) is 81.3 Å². The molecule has 23 heavy (non-hydrogen) atoms. The summed E-state index contributed by atoms with van der Waals surface area (Å²) in [5, 5.41) is 0. The van der Waals surface area contributed by atoms with Gasteiger partial charge in [0, 0.05) is 26.9 Å². The summed E-state index contributed by atoms with van der Waals surface area (Å²) in [4.78, 5) is 1.48. The Balaban J connectivity index is 0.00000484. The third-order valence-corrected chi connectivity index (χ3v) is 5.59. The lowest BCUT2D eigenvalue weighted by Crippen LogP contribution is -3.00. The van der Waals surface area contributed by atoms with Gasteiger partial charge in [0.25, 0.3) is 0 Å². The van der Waals surface area contributed by atoms with Crippen molar-refractivity contribution >= 4 is 11.3 Å². The molecule has 0 fully saturated rings. The van der Waals surface area contributed by atoms with Crippen LogP contribution >= 0.6 is 11.3 Å². The van der Waals surface area contributed by atoms with E-state index in [0.29, 0.717) is 0 Å². The fraction of sp³-hybridized carbons (Fsp3) is 0.842. The van der Waals surface area contributed by atoms with Gasteiger partial charge in [-0.2, -0.15) is 4.57 Å². The molecule has 0 aliphatic heterocycles. The third-order valence-electron chi connectivity index (χ3n) is 4.44. The molecule has 0 saturated carbocycles. The number of methoxy groups -OCH3 is 1. The number of nitrogens with zero attached hydrogens (tertiary/aromatic N) is 1. The van der Waals surface area contributed by atoms with Crippen LogP contribution < -0.4 is 21.5 Å². The van der Waals surface area contributed by atoms with Crippen molar-refractivity contribution in [2.24, 2.45) is 0 Å². The first-order valence-electron chi connectivity index (χ1n) is 9.25. The van der Waals surface area contributed by atoms with Crippen molar-refractivity contribution in [2.75, 3.05) is 13.7 Å². The highest BCUT2D eigenvalue weighted by molar-refractivity contribution is 7.09. The van der Waals surface area contributed by atoms with Crippen molar-refractivity contribution in [2.45, 2.75) is 91.0 Å².